The number of rotatable bonds is 3. The Balaban J connectivity index is 3.22. The molecule has 1 rings (SSSR count). The fourth-order valence-electron chi connectivity index (χ4n) is 1.29. The summed E-state index contributed by atoms with van der Waals surface area (Å²) in [7, 11) is 1.32. The SMILES string of the molecule is COC(=O)Cc1c(C#N)ccc(CBr)c1S. The largest absolute Gasteiger partial charge is 0.469 e. The Bertz CT molecular complexity index is 454. The van der Waals surface area contributed by atoms with Gasteiger partial charge in [-0.2, -0.15) is 5.26 Å². The van der Waals surface area contributed by atoms with Gasteiger partial charge in [0.05, 0.1) is 25.2 Å². The van der Waals surface area contributed by atoms with Gasteiger partial charge in [-0.1, -0.05) is 22.0 Å². The van der Waals surface area contributed by atoms with Crippen LogP contribution in [0, 0.1) is 11.3 Å². The monoisotopic (exact) mass is 299 g/mol. The van der Waals surface area contributed by atoms with E-state index in [9.17, 15) is 4.79 Å². The van der Waals surface area contributed by atoms with E-state index < -0.39 is 0 Å². The highest BCUT2D eigenvalue weighted by Crippen LogP contribution is 2.25. The molecular weight excluding hydrogens is 290 g/mol. The molecule has 0 aliphatic rings. The van der Waals surface area contributed by atoms with Crippen LogP contribution in [0.2, 0.25) is 0 Å². The molecule has 84 valence electrons. The number of carbonyl (C=O) groups excluding carboxylic acids is 1. The summed E-state index contributed by atoms with van der Waals surface area (Å²) in [5, 5.41) is 9.57. The highest BCUT2D eigenvalue weighted by Gasteiger charge is 2.14. The molecule has 0 atom stereocenters. The second-order valence-corrected chi connectivity index (χ2v) is 4.11. The number of nitrogens with zero attached hydrogens (tertiary/aromatic N) is 1. The summed E-state index contributed by atoms with van der Waals surface area (Å²) in [6, 6.07) is 5.55. The molecule has 0 saturated heterocycles. The van der Waals surface area contributed by atoms with Crippen LogP contribution in [0.1, 0.15) is 16.7 Å². The lowest BCUT2D eigenvalue weighted by Gasteiger charge is -2.09. The summed E-state index contributed by atoms with van der Waals surface area (Å²) >= 11 is 7.66. The van der Waals surface area contributed by atoms with Crippen molar-refractivity contribution in [3.05, 3.63) is 28.8 Å². The van der Waals surface area contributed by atoms with E-state index in [1.165, 1.54) is 7.11 Å². The summed E-state index contributed by atoms with van der Waals surface area (Å²) in [5.41, 5.74) is 2.02. The van der Waals surface area contributed by atoms with E-state index in [-0.39, 0.29) is 12.4 Å². The van der Waals surface area contributed by atoms with Crippen molar-refractivity contribution in [2.45, 2.75) is 16.6 Å². The van der Waals surface area contributed by atoms with Gasteiger partial charge in [0.1, 0.15) is 0 Å². The number of hydrogen-bond donors (Lipinski definition) is 1. The van der Waals surface area contributed by atoms with Gasteiger partial charge >= 0.3 is 5.97 Å². The van der Waals surface area contributed by atoms with Gasteiger partial charge in [-0.15, -0.1) is 12.6 Å². The summed E-state index contributed by atoms with van der Waals surface area (Å²) < 4.78 is 4.59. The summed E-state index contributed by atoms with van der Waals surface area (Å²) in [6.07, 6.45) is 0.0685. The second kappa shape index (κ2) is 5.92. The maximum absolute atomic E-state index is 11.2. The van der Waals surface area contributed by atoms with Gasteiger partial charge in [0, 0.05) is 10.2 Å². The van der Waals surface area contributed by atoms with Crippen molar-refractivity contribution in [3.8, 4) is 6.07 Å². The van der Waals surface area contributed by atoms with Crippen molar-refractivity contribution < 1.29 is 9.53 Å². The smallest absolute Gasteiger partial charge is 0.310 e. The van der Waals surface area contributed by atoms with Gasteiger partial charge in [-0.25, -0.2) is 0 Å². The maximum Gasteiger partial charge on any atom is 0.310 e. The zero-order valence-electron chi connectivity index (χ0n) is 8.66. The predicted octanol–water partition coefficient (Wildman–Crippen LogP) is 2.46. The molecule has 0 N–H and O–H groups in total. The zero-order chi connectivity index (χ0) is 12.1. The first-order chi connectivity index (χ1) is 7.63. The van der Waals surface area contributed by atoms with E-state index in [1.807, 2.05) is 12.1 Å². The van der Waals surface area contributed by atoms with Crippen molar-refractivity contribution in [1.29, 1.82) is 5.26 Å². The minimum Gasteiger partial charge on any atom is -0.469 e. The number of halogens is 1. The lowest BCUT2D eigenvalue weighted by atomic mass is 10.0. The minimum atomic E-state index is -0.376. The number of esters is 1. The van der Waals surface area contributed by atoms with E-state index in [0.29, 0.717) is 21.4 Å². The van der Waals surface area contributed by atoms with Crippen LogP contribution in [0.3, 0.4) is 0 Å². The fourth-order valence-corrected chi connectivity index (χ4v) is 2.33. The average molecular weight is 300 g/mol. The third-order valence-electron chi connectivity index (χ3n) is 2.18. The Labute approximate surface area is 108 Å². The molecule has 3 nitrogen and oxygen atoms in total. The molecule has 0 aromatic heterocycles. The Hall–Kier alpha value is -0.990. The van der Waals surface area contributed by atoms with Crippen LogP contribution in [0.4, 0.5) is 0 Å². The van der Waals surface area contributed by atoms with Crippen molar-refractivity contribution in [2.24, 2.45) is 0 Å². The molecule has 0 aliphatic heterocycles. The third kappa shape index (κ3) is 2.77. The van der Waals surface area contributed by atoms with Crippen LogP contribution in [-0.4, -0.2) is 13.1 Å². The summed E-state index contributed by atoms with van der Waals surface area (Å²) in [6.45, 7) is 0. The number of benzene rings is 1. The first kappa shape index (κ1) is 13.1. The van der Waals surface area contributed by atoms with Crippen LogP contribution in [0.25, 0.3) is 0 Å². The molecule has 0 radical (unpaired) electrons. The highest BCUT2D eigenvalue weighted by molar-refractivity contribution is 9.08. The second-order valence-electron chi connectivity index (χ2n) is 3.10. The van der Waals surface area contributed by atoms with Gasteiger partial charge in [-0.3, -0.25) is 4.79 Å². The van der Waals surface area contributed by atoms with Crippen molar-refractivity contribution >= 4 is 34.5 Å². The van der Waals surface area contributed by atoms with Crippen LogP contribution in [-0.2, 0) is 21.3 Å². The summed E-state index contributed by atoms with van der Waals surface area (Å²) in [4.78, 5) is 11.9. The van der Waals surface area contributed by atoms with E-state index in [1.54, 1.807) is 6.07 Å². The fraction of sp³-hybridized carbons (Fsp3) is 0.273. The lowest BCUT2D eigenvalue weighted by molar-refractivity contribution is -0.139. The molecule has 1 aromatic rings. The molecule has 0 aliphatic carbocycles. The quantitative estimate of drug-likeness (QED) is 0.530. The molecule has 0 heterocycles. The van der Waals surface area contributed by atoms with Gasteiger partial charge in [0.25, 0.3) is 0 Å². The minimum absolute atomic E-state index is 0.0685. The molecule has 0 unspecified atom stereocenters. The number of ether oxygens (including phenoxy) is 1. The standard InChI is InChI=1S/C11H10BrNO2S/c1-15-10(14)4-9-8(6-13)3-2-7(5-12)11(9)16/h2-3,16H,4-5H2,1H3. The Morgan fingerprint density at radius 1 is 1.62 bits per heavy atom. The number of thiol groups is 1. The van der Waals surface area contributed by atoms with Gasteiger partial charge in [0.15, 0.2) is 0 Å². The zero-order valence-corrected chi connectivity index (χ0v) is 11.1. The molecule has 0 bridgehead atoms. The molecule has 16 heavy (non-hydrogen) atoms. The lowest BCUT2D eigenvalue weighted by Crippen LogP contribution is -2.07. The van der Waals surface area contributed by atoms with Crippen molar-refractivity contribution in [2.75, 3.05) is 7.11 Å². The Kier molecular flexibility index (Phi) is 4.84. The molecule has 1 aromatic carbocycles. The normalized spacial score (nSPS) is 9.62. The van der Waals surface area contributed by atoms with E-state index in [2.05, 4.69) is 33.3 Å². The van der Waals surface area contributed by atoms with Gasteiger partial charge < -0.3 is 4.74 Å². The number of carbonyl (C=O) groups is 1. The van der Waals surface area contributed by atoms with Crippen molar-refractivity contribution in [1.82, 2.24) is 0 Å². The number of alkyl halides is 1. The number of nitriles is 1. The van der Waals surface area contributed by atoms with Crippen LogP contribution in [0.5, 0.6) is 0 Å². The van der Waals surface area contributed by atoms with Gasteiger partial charge in [0.2, 0.25) is 0 Å². The average Bonchev–Trinajstić information content (AvgIpc) is 2.31. The topological polar surface area (TPSA) is 50.1 Å². The molecular formula is C11H10BrNO2S. The molecule has 5 heteroatoms. The van der Waals surface area contributed by atoms with Crippen LogP contribution in [0.15, 0.2) is 17.0 Å². The maximum atomic E-state index is 11.2. The molecule has 0 amide bonds. The Morgan fingerprint density at radius 3 is 2.81 bits per heavy atom. The number of hydrogen-bond acceptors (Lipinski definition) is 4. The molecule has 0 spiro atoms. The first-order valence-corrected chi connectivity index (χ1v) is 6.07. The summed E-state index contributed by atoms with van der Waals surface area (Å²) in [5.74, 6) is -0.376. The van der Waals surface area contributed by atoms with Gasteiger partial charge in [-0.05, 0) is 17.2 Å². The first-order valence-electron chi connectivity index (χ1n) is 4.50. The van der Waals surface area contributed by atoms with E-state index >= 15 is 0 Å². The van der Waals surface area contributed by atoms with E-state index in [0.717, 1.165) is 5.56 Å². The third-order valence-corrected chi connectivity index (χ3v) is 3.34. The number of methoxy groups -OCH3 is 1. The highest BCUT2D eigenvalue weighted by atomic mass is 79.9. The molecule has 0 fully saturated rings. The molecule has 0 saturated carbocycles. The van der Waals surface area contributed by atoms with Crippen LogP contribution >= 0.6 is 28.6 Å². The Morgan fingerprint density at radius 2 is 2.31 bits per heavy atom. The van der Waals surface area contributed by atoms with Crippen molar-refractivity contribution in [3.63, 3.8) is 0 Å². The predicted molar refractivity (Wildman–Crippen MR) is 66.8 cm³/mol. The van der Waals surface area contributed by atoms with E-state index in [4.69, 9.17) is 5.26 Å². The van der Waals surface area contributed by atoms with Crippen LogP contribution < -0.4 is 0 Å².